The molecule has 2 atom stereocenters. The third-order valence-electron chi connectivity index (χ3n) is 5.44. The zero-order valence-electron chi connectivity index (χ0n) is 13.3. The number of hydrogen-bond acceptors (Lipinski definition) is 2. The molecule has 2 heteroatoms. The first-order valence-electron chi connectivity index (χ1n) is 8.66. The molecule has 2 nitrogen and oxygen atoms in total. The second-order valence-corrected chi connectivity index (χ2v) is 7.09. The van der Waals surface area contributed by atoms with E-state index in [2.05, 4.69) is 31.0 Å². The average Bonchev–Trinajstić information content (AvgIpc) is 2.42. The monoisotopic (exact) mass is 266 g/mol. The van der Waals surface area contributed by atoms with Crippen LogP contribution in [0.25, 0.3) is 0 Å². The first-order valence-corrected chi connectivity index (χ1v) is 8.66. The van der Waals surface area contributed by atoms with E-state index in [1.165, 1.54) is 58.2 Å². The molecule has 1 saturated carbocycles. The van der Waals surface area contributed by atoms with Crippen molar-refractivity contribution in [2.24, 2.45) is 17.8 Å². The van der Waals surface area contributed by atoms with Gasteiger partial charge in [0, 0.05) is 12.6 Å². The highest BCUT2D eigenvalue weighted by Crippen LogP contribution is 2.29. The number of likely N-dealkylation sites (tertiary alicyclic amines) is 1. The smallest absolute Gasteiger partial charge is 0.0107 e. The predicted octanol–water partition coefficient (Wildman–Crippen LogP) is 3.52. The van der Waals surface area contributed by atoms with Crippen molar-refractivity contribution >= 4 is 0 Å². The number of hydrogen-bond donors (Lipinski definition) is 1. The Labute approximate surface area is 120 Å². The zero-order valence-corrected chi connectivity index (χ0v) is 13.3. The Bertz CT molecular complexity index is 242. The van der Waals surface area contributed by atoms with E-state index in [4.69, 9.17) is 0 Å². The maximum absolute atomic E-state index is 3.72. The van der Waals surface area contributed by atoms with Crippen molar-refractivity contribution in [2.75, 3.05) is 26.2 Å². The minimum atomic E-state index is 0.793. The van der Waals surface area contributed by atoms with E-state index in [1.54, 1.807) is 0 Å². The molecule has 19 heavy (non-hydrogen) atoms. The molecule has 2 unspecified atom stereocenters. The van der Waals surface area contributed by atoms with E-state index in [-0.39, 0.29) is 0 Å². The summed E-state index contributed by atoms with van der Waals surface area (Å²) in [5, 5.41) is 3.72. The van der Waals surface area contributed by atoms with Crippen molar-refractivity contribution in [3.8, 4) is 0 Å². The van der Waals surface area contributed by atoms with Gasteiger partial charge < -0.3 is 10.2 Å². The molecule has 0 radical (unpaired) electrons. The van der Waals surface area contributed by atoms with E-state index < -0.39 is 0 Å². The van der Waals surface area contributed by atoms with Gasteiger partial charge in [-0.2, -0.15) is 0 Å². The highest BCUT2D eigenvalue weighted by Gasteiger charge is 2.28. The maximum Gasteiger partial charge on any atom is 0.0107 e. The van der Waals surface area contributed by atoms with Crippen LogP contribution in [0.15, 0.2) is 0 Å². The summed E-state index contributed by atoms with van der Waals surface area (Å²) in [6.45, 7) is 12.2. The Hall–Kier alpha value is -0.0800. The molecule has 2 fully saturated rings. The Balaban J connectivity index is 1.77. The zero-order chi connectivity index (χ0) is 13.7. The Morgan fingerprint density at radius 3 is 2.37 bits per heavy atom. The van der Waals surface area contributed by atoms with E-state index >= 15 is 0 Å². The van der Waals surface area contributed by atoms with Gasteiger partial charge in [-0.3, -0.25) is 0 Å². The van der Waals surface area contributed by atoms with E-state index in [0.29, 0.717) is 0 Å². The molecule has 0 aromatic heterocycles. The maximum atomic E-state index is 3.72. The fourth-order valence-electron chi connectivity index (χ4n) is 4.09. The van der Waals surface area contributed by atoms with Crippen LogP contribution in [0.4, 0.5) is 0 Å². The van der Waals surface area contributed by atoms with Gasteiger partial charge in [-0.15, -0.1) is 0 Å². The number of piperidine rings is 1. The second kappa shape index (κ2) is 7.64. The molecule has 2 aliphatic rings. The SMILES string of the molecule is CCNC1CCCCC1CN1CCC(C(C)C)CC1. The largest absolute Gasteiger partial charge is 0.314 e. The molecule has 1 saturated heterocycles. The van der Waals surface area contributed by atoms with Crippen molar-refractivity contribution in [3.05, 3.63) is 0 Å². The standard InChI is InChI=1S/C17H34N2/c1-4-18-17-8-6-5-7-16(17)13-19-11-9-15(10-12-19)14(2)3/h14-18H,4-13H2,1-3H3. The van der Waals surface area contributed by atoms with Gasteiger partial charge in [0.15, 0.2) is 0 Å². The first-order chi connectivity index (χ1) is 9.20. The summed E-state index contributed by atoms with van der Waals surface area (Å²) in [7, 11) is 0. The van der Waals surface area contributed by atoms with Crippen LogP contribution >= 0.6 is 0 Å². The van der Waals surface area contributed by atoms with Gasteiger partial charge in [0.1, 0.15) is 0 Å². The molecule has 0 aromatic rings. The van der Waals surface area contributed by atoms with Gasteiger partial charge >= 0.3 is 0 Å². The lowest BCUT2D eigenvalue weighted by Crippen LogP contribution is -2.46. The summed E-state index contributed by atoms with van der Waals surface area (Å²) in [5.74, 6) is 2.77. The van der Waals surface area contributed by atoms with E-state index in [9.17, 15) is 0 Å². The van der Waals surface area contributed by atoms with Crippen molar-refractivity contribution in [2.45, 2.75) is 65.3 Å². The lowest BCUT2D eigenvalue weighted by molar-refractivity contribution is 0.115. The molecule has 112 valence electrons. The van der Waals surface area contributed by atoms with Gasteiger partial charge in [0.25, 0.3) is 0 Å². The molecule has 0 aromatic carbocycles. The van der Waals surface area contributed by atoms with Crippen LogP contribution in [0.5, 0.6) is 0 Å². The molecule has 1 heterocycles. The normalized spacial score (nSPS) is 30.9. The van der Waals surface area contributed by atoms with Gasteiger partial charge in [-0.05, 0) is 63.1 Å². The molecular weight excluding hydrogens is 232 g/mol. The van der Waals surface area contributed by atoms with Gasteiger partial charge in [-0.25, -0.2) is 0 Å². The summed E-state index contributed by atoms with van der Waals surface area (Å²) >= 11 is 0. The fourth-order valence-corrected chi connectivity index (χ4v) is 4.09. The number of rotatable bonds is 5. The summed E-state index contributed by atoms with van der Waals surface area (Å²) in [6.07, 6.45) is 8.59. The van der Waals surface area contributed by atoms with Crippen molar-refractivity contribution in [1.82, 2.24) is 10.2 Å². The van der Waals surface area contributed by atoms with Crippen LogP contribution in [-0.4, -0.2) is 37.1 Å². The third-order valence-corrected chi connectivity index (χ3v) is 5.44. The van der Waals surface area contributed by atoms with Crippen molar-refractivity contribution in [3.63, 3.8) is 0 Å². The topological polar surface area (TPSA) is 15.3 Å². The summed E-state index contributed by atoms with van der Waals surface area (Å²) in [5.41, 5.74) is 0. The summed E-state index contributed by atoms with van der Waals surface area (Å²) in [4.78, 5) is 2.75. The quantitative estimate of drug-likeness (QED) is 0.819. The highest BCUT2D eigenvalue weighted by molar-refractivity contribution is 4.84. The lowest BCUT2D eigenvalue weighted by atomic mass is 9.82. The minimum absolute atomic E-state index is 0.793. The van der Waals surface area contributed by atoms with E-state index in [1.807, 2.05) is 0 Å². The molecule has 0 bridgehead atoms. The van der Waals surface area contributed by atoms with Crippen molar-refractivity contribution in [1.29, 1.82) is 0 Å². The molecule has 1 aliphatic carbocycles. The Kier molecular flexibility index (Phi) is 6.15. The molecular formula is C17H34N2. The van der Waals surface area contributed by atoms with Gasteiger partial charge in [0.05, 0.1) is 0 Å². The van der Waals surface area contributed by atoms with Crippen LogP contribution in [-0.2, 0) is 0 Å². The summed E-state index contributed by atoms with van der Waals surface area (Å²) in [6, 6.07) is 0.793. The Morgan fingerprint density at radius 1 is 1.05 bits per heavy atom. The van der Waals surface area contributed by atoms with Gasteiger partial charge in [-0.1, -0.05) is 33.6 Å². The van der Waals surface area contributed by atoms with Crippen LogP contribution in [0.2, 0.25) is 0 Å². The number of nitrogens with one attached hydrogen (secondary N) is 1. The van der Waals surface area contributed by atoms with Crippen molar-refractivity contribution < 1.29 is 0 Å². The predicted molar refractivity (Wildman–Crippen MR) is 83.4 cm³/mol. The van der Waals surface area contributed by atoms with Crippen LogP contribution in [0, 0.1) is 17.8 Å². The summed E-state index contributed by atoms with van der Waals surface area (Å²) < 4.78 is 0. The van der Waals surface area contributed by atoms with Crippen LogP contribution in [0.1, 0.15) is 59.3 Å². The second-order valence-electron chi connectivity index (χ2n) is 7.09. The molecule has 0 spiro atoms. The first kappa shape index (κ1) is 15.3. The number of nitrogens with zero attached hydrogens (tertiary/aromatic N) is 1. The Morgan fingerprint density at radius 2 is 1.74 bits per heavy atom. The molecule has 0 amide bonds. The lowest BCUT2D eigenvalue weighted by Gasteiger charge is -2.39. The van der Waals surface area contributed by atoms with E-state index in [0.717, 1.165) is 30.3 Å². The van der Waals surface area contributed by atoms with Crippen LogP contribution < -0.4 is 5.32 Å². The molecule has 1 aliphatic heterocycles. The highest BCUT2D eigenvalue weighted by atomic mass is 15.1. The van der Waals surface area contributed by atoms with Crippen LogP contribution in [0.3, 0.4) is 0 Å². The molecule has 2 rings (SSSR count). The van der Waals surface area contributed by atoms with Gasteiger partial charge in [0.2, 0.25) is 0 Å². The molecule has 1 N–H and O–H groups in total. The average molecular weight is 266 g/mol. The fraction of sp³-hybridized carbons (Fsp3) is 1.00. The third kappa shape index (κ3) is 4.46. The minimum Gasteiger partial charge on any atom is -0.314 e.